The number of carboxylic acid groups (broad SMARTS) is 3. The Morgan fingerprint density at radius 3 is 0.451 bits per heavy atom. The van der Waals surface area contributed by atoms with Crippen molar-refractivity contribution in [2.45, 2.75) is 157 Å². The Labute approximate surface area is 494 Å². The molecule has 0 heterocycles. The predicted molar refractivity (Wildman–Crippen MR) is 314 cm³/mol. The minimum atomic E-state index is -1.12. The molecule has 15 nitrogen and oxygen atoms in total. The number of carboxylic acids is 3. The van der Waals surface area contributed by atoms with Gasteiger partial charge in [-0.15, -0.1) is 0 Å². The van der Waals surface area contributed by atoms with Gasteiger partial charge in [-0.2, -0.15) is 15.8 Å². The molecule has 0 spiro atoms. The molecule has 82 heavy (non-hydrogen) atoms. The van der Waals surface area contributed by atoms with Crippen LogP contribution in [-0.2, 0) is 47.2 Å². The summed E-state index contributed by atoms with van der Waals surface area (Å²) in [6.07, 6.45) is 0. The average molecular weight is 1140 g/mol. The molecule has 0 aliphatic heterocycles. The summed E-state index contributed by atoms with van der Waals surface area (Å²) in [5.41, 5.74) is 8.85. The maximum atomic E-state index is 10.9. The van der Waals surface area contributed by atoms with Crippen LogP contribution in [0.4, 0.5) is 0 Å². The maximum Gasteiger partial charge on any atom is 3.00 e. The molecule has 0 amide bonds. The van der Waals surface area contributed by atoms with Crippen molar-refractivity contribution in [3.05, 3.63) is 212 Å². The van der Waals surface area contributed by atoms with Gasteiger partial charge in [0.2, 0.25) is 0 Å². The summed E-state index contributed by atoms with van der Waals surface area (Å²) >= 11 is 0. The molecule has 0 saturated heterocycles. The third kappa shape index (κ3) is 26.4. The molecule has 0 aliphatic rings. The fourth-order valence-corrected chi connectivity index (χ4v) is 6.80. The zero-order chi connectivity index (χ0) is 62.5. The Balaban J connectivity index is 0.000000958. The second kappa shape index (κ2) is 32.3. The van der Waals surface area contributed by atoms with Crippen LogP contribution in [0.2, 0.25) is 0 Å². The molecule has 6 aromatic carbocycles. The molecule has 16 heteroatoms. The first-order chi connectivity index (χ1) is 37.1. The van der Waals surface area contributed by atoms with Crippen molar-refractivity contribution in [2.75, 3.05) is 0 Å². The minimum absolute atomic E-state index is 0. The van der Waals surface area contributed by atoms with E-state index in [0.29, 0.717) is 16.7 Å². The van der Waals surface area contributed by atoms with Crippen LogP contribution in [0.5, 0.6) is 0 Å². The van der Waals surface area contributed by atoms with Crippen LogP contribution in [0.25, 0.3) is 0 Å². The van der Waals surface area contributed by atoms with Crippen molar-refractivity contribution >= 4 is 53.2 Å². The van der Waals surface area contributed by atoms with Gasteiger partial charge in [-0.3, -0.25) is 14.7 Å². The van der Waals surface area contributed by atoms with Gasteiger partial charge in [0.15, 0.2) is 0 Å². The molecule has 0 unspecified atom stereocenters. The predicted octanol–water partition coefficient (Wildman–Crippen LogP) is 11.5. The first-order valence-corrected chi connectivity index (χ1v) is 25.9. The van der Waals surface area contributed by atoms with Crippen molar-refractivity contribution < 1.29 is 74.5 Å². The quantitative estimate of drug-likeness (QED) is 0.0606. The van der Waals surface area contributed by atoms with E-state index in [2.05, 4.69) is 139 Å². The van der Waals surface area contributed by atoms with Gasteiger partial charge in [0.25, 0.3) is 0 Å². The number of rotatable bonds is 6. The van der Waals surface area contributed by atoms with E-state index >= 15 is 0 Å². The molecular weight excluding hydrogens is 1060 g/mol. The van der Waals surface area contributed by atoms with E-state index in [1.54, 1.807) is 72.8 Å². The van der Waals surface area contributed by atoms with Gasteiger partial charge in [0.05, 0.1) is 34.6 Å². The average Bonchev–Trinajstić information content (AvgIpc) is 3.39. The summed E-state index contributed by atoms with van der Waals surface area (Å²) in [7, 11) is 0. The van der Waals surface area contributed by atoms with E-state index < -0.39 is 35.8 Å². The molecule has 0 aromatic heterocycles. The SMILES string of the molecule is CC(C)(C)c1ccc(C(=O)OO)cc1.CC(C)(C)c1ccc(C(=O)OO)cc1.CC(C)(C)c1ccc(C(=O)OO)cc1.CC(C)(C)c1ccc(C(=O)[O-])cc1.CC(C)(C)c1ccc(C(=O)[O-])cc1.CC(C)(C)c1ccc(C(=O)[O-])cc1.[Al+3]. The summed E-state index contributed by atoms with van der Waals surface area (Å²) in [6, 6.07) is 41.4. The number of carbonyl (C=O) groups excluding carboxylic acids is 6. The molecule has 0 aliphatic carbocycles. The van der Waals surface area contributed by atoms with E-state index in [1.165, 1.54) is 0 Å². The molecule has 0 bridgehead atoms. The van der Waals surface area contributed by atoms with E-state index in [9.17, 15) is 44.1 Å². The fraction of sp³-hybridized carbons (Fsp3) is 0.364. The summed E-state index contributed by atoms with van der Waals surface area (Å²) in [5, 5.41) is 55.9. The van der Waals surface area contributed by atoms with Crippen LogP contribution in [0.15, 0.2) is 146 Å². The molecule has 0 radical (unpaired) electrons. The van der Waals surface area contributed by atoms with Crippen LogP contribution < -0.4 is 15.3 Å². The van der Waals surface area contributed by atoms with Crippen LogP contribution in [-0.4, -0.2) is 68.9 Å². The number of hydrogen-bond donors (Lipinski definition) is 3. The van der Waals surface area contributed by atoms with Crippen molar-refractivity contribution in [1.29, 1.82) is 0 Å². The zero-order valence-electron chi connectivity index (χ0n) is 50.7. The first kappa shape index (κ1) is 74.6. The zero-order valence-corrected chi connectivity index (χ0v) is 51.8. The Bertz CT molecular complexity index is 2610. The number of benzene rings is 6. The normalized spacial score (nSPS) is 11.1. The summed E-state index contributed by atoms with van der Waals surface area (Å²) in [6.45, 7) is 37.6. The molecule has 0 fully saturated rings. The van der Waals surface area contributed by atoms with Gasteiger partial charge >= 0.3 is 35.3 Å². The van der Waals surface area contributed by atoms with Crippen molar-refractivity contribution in [3.8, 4) is 0 Å². The number of hydrogen-bond acceptors (Lipinski definition) is 15. The largest absolute Gasteiger partial charge is 3.00 e. The van der Waals surface area contributed by atoms with E-state index in [0.717, 1.165) is 33.4 Å². The summed E-state index contributed by atoms with van der Waals surface area (Å²) < 4.78 is 0. The molecule has 3 N–H and O–H groups in total. The third-order valence-electron chi connectivity index (χ3n) is 12.2. The Morgan fingerprint density at radius 1 is 0.256 bits per heavy atom. The van der Waals surface area contributed by atoms with Gasteiger partial charge in [-0.1, -0.05) is 234 Å². The first-order valence-electron chi connectivity index (χ1n) is 25.9. The summed E-state index contributed by atoms with van der Waals surface area (Å²) in [5.74, 6) is -5.57. The topological polar surface area (TPSA) is 260 Å². The van der Waals surface area contributed by atoms with Crippen LogP contribution in [0.1, 0.15) is 220 Å². The minimum Gasteiger partial charge on any atom is -0.545 e. The second-order valence-corrected chi connectivity index (χ2v) is 25.0. The Hall–Kier alpha value is -7.45. The molecule has 6 aromatic rings. The van der Waals surface area contributed by atoms with Crippen molar-refractivity contribution in [2.24, 2.45) is 0 Å². The van der Waals surface area contributed by atoms with E-state index in [-0.39, 0.29) is 66.5 Å². The molecule has 6 rings (SSSR count). The van der Waals surface area contributed by atoms with Crippen LogP contribution in [0, 0.1) is 0 Å². The Morgan fingerprint density at radius 2 is 0.366 bits per heavy atom. The fourth-order valence-electron chi connectivity index (χ4n) is 6.80. The van der Waals surface area contributed by atoms with E-state index in [1.807, 2.05) is 72.8 Å². The van der Waals surface area contributed by atoms with Gasteiger partial charge in [0, 0.05) is 0 Å². The van der Waals surface area contributed by atoms with Crippen LogP contribution >= 0.6 is 0 Å². The monoisotopic (exact) mass is 1140 g/mol. The molecule has 0 saturated carbocycles. The maximum absolute atomic E-state index is 10.9. The Kier molecular flexibility index (Phi) is 29.3. The van der Waals surface area contributed by atoms with Gasteiger partial charge in [-0.05, 0) is 119 Å². The smallest absolute Gasteiger partial charge is 0.545 e. The molecular formula is C66H81AlO15. The van der Waals surface area contributed by atoms with Gasteiger partial charge in [0.1, 0.15) is 0 Å². The third-order valence-corrected chi connectivity index (χ3v) is 12.2. The molecule has 0 atom stereocenters. The van der Waals surface area contributed by atoms with Crippen LogP contribution in [0.3, 0.4) is 0 Å². The van der Waals surface area contributed by atoms with Gasteiger partial charge < -0.3 is 29.7 Å². The van der Waals surface area contributed by atoms with E-state index in [4.69, 9.17) is 15.8 Å². The molecule has 438 valence electrons. The second-order valence-electron chi connectivity index (χ2n) is 25.0. The standard InChI is InChI=1S/3C11H14O3.3C11H14O2.Al/c3*1-11(2,3)9-6-4-8(5-7-9)10(12)14-13;3*1-11(2,3)9-6-4-8(5-7-9)10(12)13;/h3*4-7,13H,1-3H3;3*4-7H,1-3H3,(H,12,13);/q;;;;;;+3/p-3. The van der Waals surface area contributed by atoms with Gasteiger partial charge in [-0.25, -0.2) is 14.4 Å². The summed E-state index contributed by atoms with van der Waals surface area (Å²) in [4.78, 5) is 74.9. The number of aromatic carboxylic acids is 3. The number of carbonyl (C=O) groups is 6. The van der Waals surface area contributed by atoms with Crippen molar-refractivity contribution in [3.63, 3.8) is 0 Å². The van der Waals surface area contributed by atoms with Crippen molar-refractivity contribution in [1.82, 2.24) is 0 Å².